The van der Waals surface area contributed by atoms with Gasteiger partial charge in [0.2, 0.25) is 5.91 Å². The third-order valence-corrected chi connectivity index (χ3v) is 5.61. The van der Waals surface area contributed by atoms with E-state index in [0.717, 1.165) is 59.5 Å². The molecule has 2 heterocycles. The zero-order valence-corrected chi connectivity index (χ0v) is 16.4. The van der Waals surface area contributed by atoms with Crippen LogP contribution in [0.4, 0.5) is 0 Å². The van der Waals surface area contributed by atoms with Gasteiger partial charge in [-0.05, 0) is 42.2 Å². The number of ether oxygens (including phenoxy) is 2. The molecule has 0 bridgehead atoms. The molecular formula is C23H26N2O3. The number of fused-ring (bicyclic) bond motifs is 1. The molecule has 0 saturated carbocycles. The number of hydrogen-bond acceptors (Lipinski definition) is 3. The van der Waals surface area contributed by atoms with Crippen molar-refractivity contribution in [3.8, 4) is 11.5 Å². The number of amides is 1. The van der Waals surface area contributed by atoms with Gasteiger partial charge in [-0.15, -0.1) is 0 Å². The van der Waals surface area contributed by atoms with Crippen molar-refractivity contribution in [3.05, 3.63) is 59.8 Å². The van der Waals surface area contributed by atoms with Crippen molar-refractivity contribution in [2.24, 2.45) is 0 Å². The highest BCUT2D eigenvalue weighted by atomic mass is 16.5. The smallest absolute Gasteiger partial charge is 0.223 e. The second kappa shape index (κ2) is 7.97. The SMILES string of the molecule is COc1cc(OC)cc(C(CC(=O)N2CCCC2)c2c[nH]c3ccccc23)c1. The number of para-hydroxylation sites is 1. The first-order valence-electron chi connectivity index (χ1n) is 9.76. The van der Waals surface area contributed by atoms with Crippen LogP contribution in [0, 0.1) is 0 Å². The van der Waals surface area contributed by atoms with Crippen molar-refractivity contribution in [3.63, 3.8) is 0 Å². The molecule has 1 aliphatic rings. The number of H-pyrrole nitrogens is 1. The Morgan fingerprint density at radius 3 is 2.43 bits per heavy atom. The lowest BCUT2D eigenvalue weighted by Gasteiger charge is -2.22. The van der Waals surface area contributed by atoms with E-state index >= 15 is 0 Å². The number of carbonyl (C=O) groups excluding carboxylic acids is 1. The summed E-state index contributed by atoms with van der Waals surface area (Å²) in [7, 11) is 3.29. The summed E-state index contributed by atoms with van der Waals surface area (Å²) in [5, 5.41) is 1.14. The van der Waals surface area contributed by atoms with Crippen LogP contribution in [0.25, 0.3) is 10.9 Å². The second-order valence-corrected chi connectivity index (χ2v) is 7.28. The highest BCUT2D eigenvalue weighted by Gasteiger charge is 2.26. The minimum atomic E-state index is -0.0757. The van der Waals surface area contributed by atoms with Gasteiger partial charge in [0.25, 0.3) is 0 Å². The minimum absolute atomic E-state index is 0.0757. The molecule has 5 heteroatoms. The molecule has 146 valence electrons. The first-order chi connectivity index (χ1) is 13.7. The van der Waals surface area contributed by atoms with E-state index in [-0.39, 0.29) is 11.8 Å². The summed E-state index contributed by atoms with van der Waals surface area (Å²) in [6.45, 7) is 1.72. The van der Waals surface area contributed by atoms with Gasteiger partial charge in [0.05, 0.1) is 14.2 Å². The molecule has 4 rings (SSSR count). The van der Waals surface area contributed by atoms with E-state index < -0.39 is 0 Å². The van der Waals surface area contributed by atoms with Crippen molar-refractivity contribution in [1.29, 1.82) is 0 Å². The van der Waals surface area contributed by atoms with Gasteiger partial charge >= 0.3 is 0 Å². The van der Waals surface area contributed by atoms with Crippen molar-refractivity contribution in [2.45, 2.75) is 25.2 Å². The summed E-state index contributed by atoms with van der Waals surface area (Å²) >= 11 is 0. The number of hydrogen-bond donors (Lipinski definition) is 1. The molecule has 1 aliphatic heterocycles. The summed E-state index contributed by atoms with van der Waals surface area (Å²) in [6.07, 6.45) is 4.64. The van der Waals surface area contributed by atoms with Gasteiger partial charge in [-0.2, -0.15) is 0 Å². The van der Waals surface area contributed by atoms with Crippen molar-refractivity contribution in [1.82, 2.24) is 9.88 Å². The fourth-order valence-corrected chi connectivity index (χ4v) is 4.09. The highest BCUT2D eigenvalue weighted by Crippen LogP contribution is 2.37. The number of likely N-dealkylation sites (tertiary alicyclic amines) is 1. The zero-order valence-electron chi connectivity index (χ0n) is 16.4. The Labute approximate surface area is 165 Å². The van der Waals surface area contributed by atoms with Gasteiger partial charge in [0.1, 0.15) is 11.5 Å². The van der Waals surface area contributed by atoms with Crippen LogP contribution in [0.1, 0.15) is 36.3 Å². The Balaban J connectivity index is 1.78. The molecule has 0 radical (unpaired) electrons. The lowest BCUT2D eigenvalue weighted by atomic mass is 9.87. The maximum atomic E-state index is 13.0. The number of rotatable bonds is 6. The Morgan fingerprint density at radius 1 is 1.07 bits per heavy atom. The monoisotopic (exact) mass is 378 g/mol. The molecule has 0 aliphatic carbocycles. The van der Waals surface area contributed by atoms with Crippen LogP contribution in [-0.2, 0) is 4.79 Å². The standard InChI is InChI=1S/C23H26N2O3/c1-27-17-11-16(12-18(13-17)28-2)20(14-23(26)25-9-5-6-10-25)21-15-24-22-8-4-3-7-19(21)22/h3-4,7-8,11-13,15,20,24H,5-6,9-10,14H2,1-2H3. The zero-order chi connectivity index (χ0) is 19.5. The molecule has 2 aromatic carbocycles. The summed E-state index contributed by atoms with van der Waals surface area (Å²) in [5.41, 5.74) is 3.22. The molecule has 3 aromatic rings. The first-order valence-corrected chi connectivity index (χ1v) is 9.76. The van der Waals surface area contributed by atoms with E-state index in [4.69, 9.17) is 9.47 Å². The number of carbonyl (C=O) groups is 1. The Morgan fingerprint density at radius 2 is 1.75 bits per heavy atom. The Kier molecular flexibility index (Phi) is 5.24. The van der Waals surface area contributed by atoms with Crippen molar-refractivity contribution in [2.75, 3.05) is 27.3 Å². The van der Waals surface area contributed by atoms with Crippen LogP contribution in [0.15, 0.2) is 48.7 Å². The van der Waals surface area contributed by atoms with Gasteiger partial charge in [0, 0.05) is 48.6 Å². The van der Waals surface area contributed by atoms with Crippen LogP contribution in [0.5, 0.6) is 11.5 Å². The van der Waals surface area contributed by atoms with Crippen LogP contribution >= 0.6 is 0 Å². The predicted octanol–water partition coefficient (Wildman–Crippen LogP) is 4.33. The van der Waals surface area contributed by atoms with Crippen LogP contribution in [0.2, 0.25) is 0 Å². The number of aromatic nitrogens is 1. The van der Waals surface area contributed by atoms with Crippen molar-refractivity contribution >= 4 is 16.8 Å². The van der Waals surface area contributed by atoms with Gasteiger partial charge < -0.3 is 19.4 Å². The molecule has 1 unspecified atom stereocenters. The lowest BCUT2D eigenvalue weighted by Crippen LogP contribution is -2.29. The van der Waals surface area contributed by atoms with E-state index in [1.54, 1.807) is 14.2 Å². The quantitative estimate of drug-likeness (QED) is 0.695. The third kappa shape index (κ3) is 3.57. The predicted molar refractivity (Wildman–Crippen MR) is 110 cm³/mol. The van der Waals surface area contributed by atoms with E-state index in [9.17, 15) is 4.79 Å². The average molecular weight is 378 g/mol. The number of nitrogens with one attached hydrogen (secondary N) is 1. The lowest BCUT2D eigenvalue weighted by molar-refractivity contribution is -0.130. The van der Waals surface area contributed by atoms with Gasteiger partial charge in [-0.3, -0.25) is 4.79 Å². The van der Waals surface area contributed by atoms with Crippen molar-refractivity contribution < 1.29 is 14.3 Å². The third-order valence-electron chi connectivity index (χ3n) is 5.61. The normalized spacial score (nSPS) is 15.0. The first kappa shape index (κ1) is 18.4. The highest BCUT2D eigenvalue weighted by molar-refractivity contribution is 5.86. The molecule has 28 heavy (non-hydrogen) atoms. The number of aromatic amines is 1. The van der Waals surface area contributed by atoms with Crippen LogP contribution in [0.3, 0.4) is 0 Å². The molecule has 1 aromatic heterocycles. The van der Waals surface area contributed by atoms with E-state index in [1.807, 2.05) is 41.4 Å². The van der Waals surface area contributed by atoms with Gasteiger partial charge in [-0.25, -0.2) is 0 Å². The van der Waals surface area contributed by atoms with E-state index in [0.29, 0.717) is 6.42 Å². The molecule has 5 nitrogen and oxygen atoms in total. The van der Waals surface area contributed by atoms with Crippen LogP contribution < -0.4 is 9.47 Å². The summed E-state index contributed by atoms with van der Waals surface area (Å²) in [5.74, 6) is 1.59. The maximum Gasteiger partial charge on any atom is 0.223 e. The van der Waals surface area contributed by atoms with Gasteiger partial charge in [0.15, 0.2) is 0 Å². The van der Waals surface area contributed by atoms with E-state index in [1.165, 1.54) is 0 Å². The summed E-state index contributed by atoms with van der Waals surface area (Å²) < 4.78 is 10.9. The fraction of sp³-hybridized carbons (Fsp3) is 0.348. The van der Waals surface area contributed by atoms with Gasteiger partial charge in [-0.1, -0.05) is 18.2 Å². The topological polar surface area (TPSA) is 54.6 Å². The molecule has 0 spiro atoms. The molecule has 1 amide bonds. The largest absolute Gasteiger partial charge is 0.497 e. The molecule has 1 atom stereocenters. The Hall–Kier alpha value is -2.95. The average Bonchev–Trinajstić information content (AvgIpc) is 3.41. The maximum absolute atomic E-state index is 13.0. The molecule has 1 fully saturated rings. The van der Waals surface area contributed by atoms with Crippen LogP contribution in [-0.4, -0.2) is 43.1 Å². The number of benzene rings is 2. The fourth-order valence-electron chi connectivity index (χ4n) is 4.09. The molecular weight excluding hydrogens is 352 g/mol. The Bertz CT molecular complexity index is 951. The summed E-state index contributed by atoms with van der Waals surface area (Å²) in [4.78, 5) is 18.4. The second-order valence-electron chi connectivity index (χ2n) is 7.28. The molecule has 1 saturated heterocycles. The van der Waals surface area contributed by atoms with E-state index in [2.05, 4.69) is 17.1 Å². The number of methoxy groups -OCH3 is 2. The summed E-state index contributed by atoms with van der Waals surface area (Å²) in [6, 6.07) is 14.1. The minimum Gasteiger partial charge on any atom is -0.497 e. The molecule has 1 N–H and O–H groups in total. The number of nitrogens with zero attached hydrogens (tertiary/aromatic N) is 1.